The maximum Gasteiger partial charge on any atom is 0.192 e. The molecule has 5 nitrogen and oxygen atoms in total. The molecule has 2 heterocycles. The number of carbonyl (C=O) groups excluding carboxylic acids is 1. The van der Waals surface area contributed by atoms with Gasteiger partial charge >= 0.3 is 0 Å². The molecule has 2 aromatic heterocycles. The van der Waals surface area contributed by atoms with Crippen molar-refractivity contribution in [2.45, 2.75) is 50.2 Å². The Morgan fingerprint density at radius 2 is 2.04 bits per heavy atom. The monoisotopic (exact) mass is 381 g/mol. The average molecular weight is 382 g/mol. The van der Waals surface area contributed by atoms with E-state index in [9.17, 15) is 4.79 Å². The molecule has 1 aliphatic carbocycles. The predicted octanol–water partition coefficient (Wildman–Crippen LogP) is 4.72. The van der Waals surface area contributed by atoms with E-state index in [0.29, 0.717) is 18.2 Å². The van der Waals surface area contributed by atoms with Gasteiger partial charge in [-0.15, -0.1) is 10.2 Å². The molecule has 27 heavy (non-hydrogen) atoms. The lowest BCUT2D eigenvalue weighted by atomic mass is 10.1. The van der Waals surface area contributed by atoms with Crippen LogP contribution in [0.2, 0.25) is 0 Å². The highest BCUT2D eigenvalue weighted by atomic mass is 32.2. The molecule has 1 aromatic carbocycles. The number of nitrogens with zero attached hydrogens (tertiary/aromatic N) is 3. The quantitative estimate of drug-likeness (QED) is 0.396. The molecule has 0 N–H and O–H groups in total. The van der Waals surface area contributed by atoms with Gasteiger partial charge in [0.05, 0.1) is 18.6 Å². The minimum Gasteiger partial charge on any atom is -0.467 e. The number of Topliss-reactive ketones (excluding diaryl/α,β-unsaturated/α-hetero) is 1. The summed E-state index contributed by atoms with van der Waals surface area (Å²) >= 11 is 1.45. The van der Waals surface area contributed by atoms with Gasteiger partial charge < -0.3 is 4.42 Å². The van der Waals surface area contributed by atoms with E-state index in [1.54, 1.807) is 6.26 Å². The van der Waals surface area contributed by atoms with E-state index >= 15 is 0 Å². The molecule has 0 atom stereocenters. The fourth-order valence-electron chi connectivity index (χ4n) is 3.12. The first-order chi connectivity index (χ1) is 13.2. The first-order valence-corrected chi connectivity index (χ1v) is 10.4. The third-order valence-corrected chi connectivity index (χ3v) is 5.70. The van der Waals surface area contributed by atoms with Gasteiger partial charge in [0.2, 0.25) is 0 Å². The van der Waals surface area contributed by atoms with E-state index in [-0.39, 0.29) is 5.78 Å². The highest BCUT2D eigenvalue weighted by molar-refractivity contribution is 7.99. The Balaban J connectivity index is 1.45. The van der Waals surface area contributed by atoms with E-state index in [0.717, 1.165) is 48.0 Å². The van der Waals surface area contributed by atoms with E-state index < -0.39 is 0 Å². The highest BCUT2D eigenvalue weighted by Crippen LogP contribution is 2.40. The molecule has 1 saturated carbocycles. The first-order valence-electron chi connectivity index (χ1n) is 9.45. The number of aromatic nitrogens is 3. The zero-order chi connectivity index (χ0) is 18.6. The summed E-state index contributed by atoms with van der Waals surface area (Å²) < 4.78 is 7.59. The molecule has 0 saturated heterocycles. The Morgan fingerprint density at radius 3 is 2.70 bits per heavy atom. The van der Waals surface area contributed by atoms with E-state index in [4.69, 9.17) is 4.42 Å². The van der Waals surface area contributed by atoms with Crippen molar-refractivity contribution in [2.75, 3.05) is 5.75 Å². The van der Waals surface area contributed by atoms with Crippen molar-refractivity contribution >= 4 is 17.5 Å². The Morgan fingerprint density at radius 1 is 1.22 bits per heavy atom. The first kappa shape index (κ1) is 18.0. The molecule has 140 valence electrons. The largest absolute Gasteiger partial charge is 0.467 e. The molecular weight excluding hydrogens is 358 g/mol. The van der Waals surface area contributed by atoms with Crippen LogP contribution in [-0.4, -0.2) is 26.3 Å². The summed E-state index contributed by atoms with van der Waals surface area (Å²) in [6.45, 7) is 2.76. The molecule has 0 spiro atoms. The summed E-state index contributed by atoms with van der Waals surface area (Å²) in [6, 6.07) is 11.8. The Labute approximate surface area is 163 Å². The van der Waals surface area contributed by atoms with E-state index in [2.05, 4.69) is 21.7 Å². The number of benzene rings is 1. The summed E-state index contributed by atoms with van der Waals surface area (Å²) in [6.07, 6.45) is 6.14. The van der Waals surface area contributed by atoms with Gasteiger partial charge in [-0.05, 0) is 37.0 Å². The van der Waals surface area contributed by atoms with Crippen molar-refractivity contribution in [3.05, 3.63) is 65.4 Å². The van der Waals surface area contributed by atoms with Crippen LogP contribution in [0.25, 0.3) is 0 Å². The Hall–Kier alpha value is -2.34. The van der Waals surface area contributed by atoms with Crippen molar-refractivity contribution in [3.63, 3.8) is 0 Å². The molecule has 0 amide bonds. The molecule has 3 aromatic rings. The van der Waals surface area contributed by atoms with Crippen molar-refractivity contribution < 1.29 is 9.21 Å². The molecule has 0 radical (unpaired) electrons. The molecule has 6 heteroatoms. The second-order valence-electron chi connectivity index (χ2n) is 6.94. The lowest BCUT2D eigenvalue weighted by Gasteiger charge is -2.08. The Bertz CT molecular complexity index is 896. The van der Waals surface area contributed by atoms with Gasteiger partial charge in [-0.3, -0.25) is 9.36 Å². The maximum atomic E-state index is 12.6. The number of hydrogen-bond donors (Lipinski definition) is 0. The third-order valence-electron chi connectivity index (χ3n) is 4.73. The smallest absolute Gasteiger partial charge is 0.192 e. The van der Waals surface area contributed by atoms with Crippen LogP contribution in [0, 0.1) is 0 Å². The second-order valence-corrected chi connectivity index (χ2v) is 7.88. The minimum absolute atomic E-state index is 0.114. The highest BCUT2D eigenvalue weighted by Gasteiger charge is 2.30. The van der Waals surface area contributed by atoms with E-state index in [1.807, 2.05) is 36.4 Å². The van der Waals surface area contributed by atoms with Crippen LogP contribution in [0.3, 0.4) is 0 Å². The fourth-order valence-corrected chi connectivity index (χ4v) is 3.96. The summed E-state index contributed by atoms with van der Waals surface area (Å²) in [7, 11) is 0. The molecule has 0 bridgehead atoms. The topological polar surface area (TPSA) is 60.9 Å². The van der Waals surface area contributed by atoms with Gasteiger partial charge in [-0.1, -0.05) is 49.4 Å². The standard InChI is InChI=1S/C21H23N3O2S/c1-2-4-15-6-8-16(9-7-15)19(25)14-27-21-23-22-20(17-10-11-17)24(21)13-18-5-3-12-26-18/h3,5-9,12,17H,2,4,10-11,13-14H2,1H3. The summed E-state index contributed by atoms with van der Waals surface area (Å²) in [5, 5.41) is 9.51. The van der Waals surface area contributed by atoms with Crippen LogP contribution in [0.5, 0.6) is 0 Å². The molecule has 1 fully saturated rings. The van der Waals surface area contributed by atoms with E-state index in [1.165, 1.54) is 17.3 Å². The lowest BCUT2D eigenvalue weighted by molar-refractivity contribution is 0.102. The summed E-state index contributed by atoms with van der Waals surface area (Å²) in [5.74, 6) is 2.84. The summed E-state index contributed by atoms with van der Waals surface area (Å²) in [5.41, 5.74) is 2.02. The van der Waals surface area contributed by atoms with Crippen LogP contribution in [0.1, 0.15) is 59.6 Å². The van der Waals surface area contributed by atoms with Crippen LogP contribution >= 0.6 is 11.8 Å². The van der Waals surface area contributed by atoms with Crippen molar-refractivity contribution in [3.8, 4) is 0 Å². The average Bonchev–Trinajstić information content (AvgIpc) is 3.25. The van der Waals surface area contributed by atoms with Crippen LogP contribution in [0.15, 0.2) is 52.2 Å². The van der Waals surface area contributed by atoms with Gasteiger partial charge in [-0.25, -0.2) is 0 Å². The van der Waals surface area contributed by atoms with Crippen molar-refractivity contribution in [2.24, 2.45) is 0 Å². The predicted molar refractivity (Wildman–Crippen MR) is 105 cm³/mol. The third kappa shape index (κ3) is 4.33. The molecule has 0 unspecified atom stereocenters. The SMILES string of the molecule is CCCc1ccc(C(=O)CSc2nnc(C3CC3)n2Cc2ccco2)cc1. The number of thioether (sulfide) groups is 1. The number of carbonyl (C=O) groups is 1. The number of hydrogen-bond acceptors (Lipinski definition) is 5. The van der Waals surface area contributed by atoms with Crippen LogP contribution in [0.4, 0.5) is 0 Å². The number of rotatable bonds is 9. The molecule has 1 aliphatic rings. The molecule has 0 aliphatic heterocycles. The second kappa shape index (κ2) is 8.13. The Kier molecular flexibility index (Phi) is 5.43. The molecule has 4 rings (SSSR count). The zero-order valence-corrected chi connectivity index (χ0v) is 16.2. The van der Waals surface area contributed by atoms with Crippen LogP contribution < -0.4 is 0 Å². The minimum atomic E-state index is 0.114. The fraction of sp³-hybridized carbons (Fsp3) is 0.381. The zero-order valence-electron chi connectivity index (χ0n) is 15.4. The molecular formula is C21H23N3O2S. The van der Waals surface area contributed by atoms with Gasteiger partial charge in [0.15, 0.2) is 10.9 Å². The number of aryl methyl sites for hydroxylation is 1. The number of ketones is 1. The normalized spacial score (nSPS) is 13.8. The van der Waals surface area contributed by atoms with Crippen LogP contribution in [-0.2, 0) is 13.0 Å². The summed E-state index contributed by atoms with van der Waals surface area (Å²) in [4.78, 5) is 12.6. The van der Waals surface area contributed by atoms with Gasteiger partial charge in [-0.2, -0.15) is 0 Å². The van der Waals surface area contributed by atoms with Crippen molar-refractivity contribution in [1.82, 2.24) is 14.8 Å². The van der Waals surface area contributed by atoms with Gasteiger partial charge in [0.25, 0.3) is 0 Å². The lowest BCUT2D eigenvalue weighted by Crippen LogP contribution is -2.08. The number of furan rings is 1. The van der Waals surface area contributed by atoms with Crippen molar-refractivity contribution in [1.29, 1.82) is 0 Å². The van der Waals surface area contributed by atoms with Gasteiger partial charge in [0, 0.05) is 11.5 Å². The van der Waals surface area contributed by atoms with Gasteiger partial charge in [0.1, 0.15) is 11.6 Å². The maximum absolute atomic E-state index is 12.6.